The van der Waals surface area contributed by atoms with Crippen LogP contribution in [0.15, 0.2) is 22.2 Å². The maximum absolute atomic E-state index is 12.8. The van der Waals surface area contributed by atoms with Crippen LogP contribution in [0.3, 0.4) is 0 Å². The number of H-pyrrole nitrogens is 2. The van der Waals surface area contributed by atoms with Gasteiger partial charge in [0.05, 0.1) is 13.4 Å². The molecule has 0 bridgehead atoms. The number of nitrogens with zero attached hydrogens (tertiary/aromatic N) is 6. The first kappa shape index (κ1) is 37.4. The van der Waals surface area contributed by atoms with Gasteiger partial charge in [-0.2, -0.15) is 8.62 Å². The first-order chi connectivity index (χ1) is 23.7. The summed E-state index contributed by atoms with van der Waals surface area (Å²) in [6.07, 6.45) is -12.5. The zero-order chi connectivity index (χ0) is 37.4. The predicted molar refractivity (Wildman–Crippen MR) is 159 cm³/mol. The van der Waals surface area contributed by atoms with Gasteiger partial charge in [-0.3, -0.25) is 32.8 Å². The van der Waals surface area contributed by atoms with Crippen LogP contribution in [-0.2, 0) is 52.6 Å². The molecule has 280 valence electrons. The van der Waals surface area contributed by atoms with Crippen molar-refractivity contribution in [2.45, 2.75) is 56.4 Å². The second-order valence-electron chi connectivity index (χ2n) is 11.0. The number of nitrogen functional groups attached to an aromatic ring is 1. The first-order valence-electron chi connectivity index (χ1n) is 14.1. The Morgan fingerprint density at radius 1 is 0.922 bits per heavy atom. The highest BCUT2D eigenvalue weighted by Crippen LogP contribution is 2.68. The number of aliphatic hydroxyl groups is 3. The van der Waals surface area contributed by atoms with Crippen molar-refractivity contribution in [3.63, 3.8) is 0 Å². The quantitative estimate of drug-likeness (QED) is 0.0532. The van der Waals surface area contributed by atoms with Crippen LogP contribution >= 0.6 is 23.5 Å². The van der Waals surface area contributed by atoms with Gasteiger partial charge in [0.25, 0.3) is 17.1 Å². The zero-order valence-corrected chi connectivity index (χ0v) is 28.6. The van der Waals surface area contributed by atoms with Crippen molar-refractivity contribution in [3.05, 3.63) is 39.2 Å². The average molecular weight is 788 g/mol. The normalized spacial score (nSPS) is 30.5. The van der Waals surface area contributed by atoms with Crippen LogP contribution in [0.2, 0.25) is 0 Å². The molecule has 0 aliphatic carbocycles. The number of hydrogen-bond donors (Lipinski definition) is 9. The number of methoxy groups -OCH3 is 1. The van der Waals surface area contributed by atoms with Gasteiger partial charge in [0.2, 0.25) is 18.0 Å². The molecule has 0 amide bonds. The number of phosphoric ester groups is 2. The molecule has 11 atom stereocenters. The first-order valence-corrected chi connectivity index (χ1v) is 18.5. The van der Waals surface area contributed by atoms with Gasteiger partial charge in [0, 0.05) is 7.11 Å². The summed E-state index contributed by atoms with van der Waals surface area (Å²) >= 11 is 0. The minimum absolute atomic E-state index is 0.0483. The summed E-state index contributed by atoms with van der Waals surface area (Å²) in [4.78, 5) is 71.8. The number of nitrogens with one attached hydrogen (secondary N) is 2. The number of aromatic amines is 2. The summed E-state index contributed by atoms with van der Waals surface area (Å²) in [6.45, 7) is 1.46. The Bertz CT molecular complexity index is 2260. The number of nitrogens with two attached hydrogens (primary N) is 1. The highest BCUT2D eigenvalue weighted by atomic mass is 31.3. The lowest BCUT2D eigenvalue weighted by Gasteiger charge is -2.23. The van der Waals surface area contributed by atoms with E-state index in [0.29, 0.717) is 0 Å². The molecule has 2 fully saturated rings. The topological polar surface area (TPSA) is 381 Å². The summed E-state index contributed by atoms with van der Waals surface area (Å²) in [5.74, 6) is -0.153. The fraction of sp³-hybridized carbons (Fsp3) is 0.524. The van der Waals surface area contributed by atoms with E-state index in [9.17, 15) is 53.3 Å². The Morgan fingerprint density at radius 2 is 1.57 bits per heavy atom. The third-order valence-corrected chi connectivity index (χ3v) is 11.7. The molecular formula is C21H29N9O18P3+. The minimum Gasteiger partial charge on any atom is -0.385 e. The standard InChI is InChI=1S/C21H28N9O18P3/c1-6-24-13-7(15(34)25-6)23-4-29(13)18-11(33)12(42-3)20(44-18)46-50(38,39)48-51(40,41)47-49(36,37)45-19-10(32)9(31)17(43-19)30-5-28(2)8-14(30)26-21(22)27-16(8)35/h4-5,9-12,17-20,31-33H,1-3H3,(H6-,22,24,25,26,27,34,35,36,37,38,39,40,41)/p+1/t9?,10-,11+,12?,17-,18-,19-,20-/m1/s1. The van der Waals surface area contributed by atoms with E-state index in [1.54, 1.807) is 0 Å². The molecule has 4 aromatic heterocycles. The third kappa shape index (κ3) is 7.21. The molecule has 2 aliphatic heterocycles. The Hall–Kier alpha value is -3.33. The second-order valence-corrected chi connectivity index (χ2v) is 15.5. The molecule has 0 saturated carbocycles. The summed E-state index contributed by atoms with van der Waals surface area (Å²) in [6, 6.07) is 0. The van der Waals surface area contributed by atoms with Crippen molar-refractivity contribution in [2.75, 3.05) is 12.8 Å². The SMILES string of the molecule is COC1[C@@H](OP(=O)(O)OP(=O)(O)OP(=O)(O)O[C@H]2O[C@@H]([n+]3cn(C)c4c(=O)[nH]c(N)nc43)C(O)[C@H]2O)O[C@@H](n2cnc3c(=O)[nH]c(C)nc32)[C@H]1O. The van der Waals surface area contributed by atoms with Crippen LogP contribution in [0.1, 0.15) is 18.3 Å². The number of anilines is 1. The van der Waals surface area contributed by atoms with E-state index in [2.05, 4.69) is 38.1 Å². The number of hydrogen-bond acceptors (Lipinski definition) is 19. The molecule has 6 heterocycles. The van der Waals surface area contributed by atoms with Crippen molar-refractivity contribution in [3.8, 4) is 0 Å². The Morgan fingerprint density at radius 3 is 2.22 bits per heavy atom. The second kappa shape index (κ2) is 13.3. The van der Waals surface area contributed by atoms with Gasteiger partial charge in [0.1, 0.15) is 30.2 Å². The lowest BCUT2D eigenvalue weighted by Crippen LogP contribution is -2.46. The Kier molecular flexibility index (Phi) is 9.73. The van der Waals surface area contributed by atoms with Crippen molar-refractivity contribution in [1.82, 2.24) is 34.1 Å². The average Bonchev–Trinajstić information content (AvgIpc) is 3.71. The molecule has 0 aromatic carbocycles. The van der Waals surface area contributed by atoms with Crippen LogP contribution in [0.4, 0.5) is 5.95 Å². The van der Waals surface area contributed by atoms with Crippen LogP contribution in [0.5, 0.6) is 0 Å². The van der Waals surface area contributed by atoms with Crippen LogP contribution in [0, 0.1) is 6.92 Å². The lowest BCUT2D eigenvalue weighted by atomic mass is 10.2. The molecule has 51 heavy (non-hydrogen) atoms. The molecule has 6 rings (SSSR count). The van der Waals surface area contributed by atoms with Crippen molar-refractivity contribution in [2.24, 2.45) is 7.05 Å². The largest absolute Gasteiger partial charge is 0.490 e. The molecular weight excluding hydrogens is 759 g/mol. The summed E-state index contributed by atoms with van der Waals surface area (Å²) in [7, 11) is -15.4. The molecule has 2 saturated heterocycles. The van der Waals surface area contributed by atoms with E-state index in [0.717, 1.165) is 22.6 Å². The lowest BCUT2D eigenvalue weighted by molar-refractivity contribution is -0.747. The van der Waals surface area contributed by atoms with E-state index in [1.165, 1.54) is 24.9 Å². The highest BCUT2D eigenvalue weighted by molar-refractivity contribution is 7.66. The molecule has 30 heteroatoms. The van der Waals surface area contributed by atoms with E-state index in [4.69, 9.17) is 24.5 Å². The van der Waals surface area contributed by atoms with Crippen LogP contribution < -0.4 is 21.4 Å². The van der Waals surface area contributed by atoms with E-state index in [-0.39, 0.29) is 34.1 Å². The number of ether oxygens (including phenoxy) is 3. The van der Waals surface area contributed by atoms with E-state index in [1.807, 2.05) is 0 Å². The monoisotopic (exact) mass is 788 g/mol. The molecule has 10 N–H and O–H groups in total. The number of fused-ring (bicyclic) bond motifs is 2. The molecule has 0 spiro atoms. The van der Waals surface area contributed by atoms with Gasteiger partial charge in [0.15, 0.2) is 30.0 Å². The maximum atomic E-state index is 12.8. The van der Waals surface area contributed by atoms with Crippen molar-refractivity contribution in [1.29, 1.82) is 0 Å². The Balaban J connectivity index is 1.13. The number of imidazole rings is 2. The number of aliphatic hydroxyl groups excluding tert-OH is 3. The Labute approximate surface area is 281 Å². The number of phosphoric acid groups is 3. The molecule has 0 radical (unpaired) electrons. The van der Waals surface area contributed by atoms with Gasteiger partial charge < -0.3 is 54.9 Å². The molecule has 5 unspecified atom stereocenters. The molecule has 2 aliphatic rings. The summed E-state index contributed by atoms with van der Waals surface area (Å²) in [5.41, 5.74) is 3.89. The molecule has 4 aromatic rings. The van der Waals surface area contributed by atoms with Crippen molar-refractivity contribution >= 4 is 51.7 Å². The van der Waals surface area contributed by atoms with Crippen LogP contribution in [-0.4, -0.2) is 108 Å². The fourth-order valence-electron chi connectivity index (χ4n) is 5.38. The number of rotatable bonds is 11. The number of aromatic nitrogens is 8. The van der Waals surface area contributed by atoms with Gasteiger partial charge in [-0.25, -0.2) is 28.2 Å². The third-order valence-electron chi connectivity index (χ3n) is 7.41. The number of aryl methyl sites for hydroxylation is 2. The predicted octanol–water partition coefficient (Wildman–Crippen LogP) is -3.25. The summed E-state index contributed by atoms with van der Waals surface area (Å²) in [5, 5.41) is 31.9. The smallest absolute Gasteiger partial charge is 0.385 e. The maximum Gasteiger partial charge on any atom is 0.490 e. The highest BCUT2D eigenvalue weighted by Gasteiger charge is 2.54. The molecule has 27 nitrogen and oxygen atoms in total. The van der Waals surface area contributed by atoms with Crippen LogP contribution in [0.25, 0.3) is 22.3 Å². The van der Waals surface area contributed by atoms with Gasteiger partial charge in [-0.05, 0) is 6.92 Å². The van der Waals surface area contributed by atoms with Gasteiger partial charge >= 0.3 is 29.1 Å². The fourth-order valence-corrected chi connectivity index (χ4v) is 9.03. The van der Waals surface area contributed by atoms with Gasteiger partial charge in [-0.15, -0.1) is 0 Å². The van der Waals surface area contributed by atoms with Crippen molar-refractivity contribution < 1.29 is 80.1 Å². The van der Waals surface area contributed by atoms with E-state index >= 15 is 0 Å². The van der Waals surface area contributed by atoms with Gasteiger partial charge in [-0.1, -0.05) is 4.98 Å². The zero-order valence-electron chi connectivity index (χ0n) is 26.0. The minimum atomic E-state index is -6.12. The summed E-state index contributed by atoms with van der Waals surface area (Å²) < 4.78 is 75.0. The van der Waals surface area contributed by atoms with E-state index < -0.39 is 84.0 Å².